The van der Waals surface area contributed by atoms with E-state index in [1.807, 2.05) is 32.0 Å². The summed E-state index contributed by atoms with van der Waals surface area (Å²) in [6, 6.07) is 5.83. The van der Waals surface area contributed by atoms with Gasteiger partial charge in [-0.3, -0.25) is 0 Å². The Morgan fingerprint density at radius 3 is 2.74 bits per heavy atom. The minimum Gasteiger partial charge on any atom is -0.437 e. The van der Waals surface area contributed by atoms with Gasteiger partial charge in [0.25, 0.3) is 0 Å². The smallest absolute Gasteiger partial charge is 0.249 e. The molecule has 1 aromatic carbocycles. The van der Waals surface area contributed by atoms with Crippen LogP contribution in [0, 0.1) is 13.8 Å². The summed E-state index contributed by atoms with van der Waals surface area (Å²) in [6.07, 6.45) is 2.93. The maximum atomic E-state index is 8.72. The van der Waals surface area contributed by atoms with Gasteiger partial charge in [-0.05, 0) is 31.0 Å². The molecule has 2 aromatic rings. The van der Waals surface area contributed by atoms with Crippen LogP contribution in [-0.2, 0) is 0 Å². The van der Waals surface area contributed by atoms with Crippen molar-refractivity contribution in [2.75, 3.05) is 0 Å². The highest BCUT2D eigenvalue weighted by atomic mass is 16.5. The van der Waals surface area contributed by atoms with Crippen molar-refractivity contribution in [3.63, 3.8) is 0 Å². The Morgan fingerprint density at radius 2 is 2.00 bits per heavy atom. The Kier molecular flexibility index (Phi) is 3.61. The minimum atomic E-state index is -0.145. The Balaban J connectivity index is 2.41. The molecular weight excluding hydrogens is 244 g/mol. The van der Waals surface area contributed by atoms with Crippen LogP contribution in [0.25, 0.3) is 0 Å². The van der Waals surface area contributed by atoms with Crippen LogP contribution in [0.2, 0.25) is 0 Å². The van der Waals surface area contributed by atoms with E-state index >= 15 is 0 Å². The number of rotatable bonds is 3. The van der Waals surface area contributed by atoms with Gasteiger partial charge in [-0.2, -0.15) is 0 Å². The zero-order valence-electron chi connectivity index (χ0n) is 10.7. The molecule has 0 amide bonds. The maximum Gasteiger partial charge on any atom is 0.249 e. The molecule has 3 N–H and O–H groups in total. The largest absolute Gasteiger partial charge is 0.437 e. The lowest BCUT2D eigenvalue weighted by Crippen LogP contribution is -2.16. The molecule has 19 heavy (non-hydrogen) atoms. The van der Waals surface area contributed by atoms with Crippen molar-refractivity contribution in [2.24, 2.45) is 10.9 Å². The number of oxime groups is 1. The first-order valence-electron chi connectivity index (χ1n) is 5.66. The fraction of sp³-hybridized carbons (Fsp3) is 0.154. The molecule has 98 valence electrons. The van der Waals surface area contributed by atoms with Gasteiger partial charge in [-0.15, -0.1) is 0 Å². The van der Waals surface area contributed by atoms with E-state index in [9.17, 15) is 0 Å². The number of amidine groups is 1. The Bertz CT molecular complexity index is 626. The second-order valence-corrected chi connectivity index (χ2v) is 4.07. The van der Waals surface area contributed by atoms with Gasteiger partial charge in [-0.25, -0.2) is 9.97 Å². The Hall–Kier alpha value is -2.63. The van der Waals surface area contributed by atoms with Crippen LogP contribution in [0.5, 0.6) is 11.6 Å². The fourth-order valence-electron chi connectivity index (χ4n) is 1.54. The SMILES string of the molecule is Cc1ccc(C)c(Oc2nccnc2C(N)=NO)c1. The molecule has 0 atom stereocenters. The molecule has 0 aliphatic rings. The predicted molar refractivity (Wildman–Crippen MR) is 70.5 cm³/mol. The number of ether oxygens (including phenoxy) is 1. The van der Waals surface area contributed by atoms with Crippen LogP contribution in [0.4, 0.5) is 0 Å². The minimum absolute atomic E-state index is 0.145. The lowest BCUT2D eigenvalue weighted by atomic mass is 10.1. The summed E-state index contributed by atoms with van der Waals surface area (Å²) in [4.78, 5) is 8.05. The van der Waals surface area contributed by atoms with Crippen molar-refractivity contribution in [3.8, 4) is 11.6 Å². The van der Waals surface area contributed by atoms with Crippen molar-refractivity contribution in [2.45, 2.75) is 13.8 Å². The molecule has 0 aliphatic heterocycles. The van der Waals surface area contributed by atoms with Gasteiger partial charge in [0.2, 0.25) is 5.88 Å². The maximum absolute atomic E-state index is 8.72. The number of aromatic nitrogens is 2. The number of hydrogen-bond acceptors (Lipinski definition) is 5. The first kappa shape index (κ1) is 12.8. The molecule has 0 fully saturated rings. The third-order valence-corrected chi connectivity index (χ3v) is 2.57. The molecule has 6 nitrogen and oxygen atoms in total. The highest BCUT2D eigenvalue weighted by Crippen LogP contribution is 2.26. The topological polar surface area (TPSA) is 93.6 Å². The molecule has 6 heteroatoms. The molecule has 0 saturated carbocycles. The van der Waals surface area contributed by atoms with E-state index in [1.54, 1.807) is 0 Å². The summed E-state index contributed by atoms with van der Waals surface area (Å²) in [7, 11) is 0. The van der Waals surface area contributed by atoms with Crippen LogP contribution >= 0.6 is 0 Å². The molecule has 0 spiro atoms. The van der Waals surface area contributed by atoms with Crippen LogP contribution in [0.15, 0.2) is 35.7 Å². The number of aryl methyl sites for hydroxylation is 2. The lowest BCUT2D eigenvalue weighted by molar-refractivity contribution is 0.318. The molecule has 1 aromatic heterocycles. The summed E-state index contributed by atoms with van der Waals surface area (Å²) in [6.45, 7) is 3.89. The first-order valence-corrected chi connectivity index (χ1v) is 5.66. The third-order valence-electron chi connectivity index (χ3n) is 2.57. The summed E-state index contributed by atoms with van der Waals surface area (Å²) in [5, 5.41) is 11.6. The molecule has 2 rings (SSSR count). The highest BCUT2D eigenvalue weighted by Gasteiger charge is 2.13. The average molecular weight is 258 g/mol. The number of nitrogens with two attached hydrogens (primary N) is 1. The van der Waals surface area contributed by atoms with Crippen molar-refractivity contribution < 1.29 is 9.94 Å². The summed E-state index contributed by atoms with van der Waals surface area (Å²) in [5.74, 6) is 0.715. The number of hydrogen-bond donors (Lipinski definition) is 2. The van der Waals surface area contributed by atoms with Crippen LogP contribution in [-0.4, -0.2) is 21.0 Å². The second kappa shape index (κ2) is 5.34. The molecule has 0 unspecified atom stereocenters. The van der Waals surface area contributed by atoms with Gasteiger partial charge in [0, 0.05) is 12.4 Å². The molecule has 0 aliphatic carbocycles. The number of benzene rings is 1. The molecule has 0 bridgehead atoms. The van der Waals surface area contributed by atoms with Gasteiger partial charge >= 0.3 is 0 Å². The fourth-order valence-corrected chi connectivity index (χ4v) is 1.54. The van der Waals surface area contributed by atoms with E-state index in [2.05, 4.69) is 15.1 Å². The van der Waals surface area contributed by atoms with Crippen LogP contribution < -0.4 is 10.5 Å². The Morgan fingerprint density at radius 1 is 1.26 bits per heavy atom. The molecular formula is C13H14N4O2. The van der Waals surface area contributed by atoms with Gasteiger partial charge in [0.1, 0.15) is 5.75 Å². The van der Waals surface area contributed by atoms with E-state index in [0.29, 0.717) is 5.75 Å². The molecule has 0 saturated heterocycles. The third kappa shape index (κ3) is 2.79. The Labute approximate surface area is 110 Å². The number of nitrogens with zero attached hydrogens (tertiary/aromatic N) is 3. The van der Waals surface area contributed by atoms with Crippen molar-refractivity contribution >= 4 is 5.84 Å². The summed E-state index contributed by atoms with van der Waals surface area (Å²) < 4.78 is 5.70. The standard InChI is InChI=1S/C13H14N4O2/c1-8-3-4-9(2)10(7-8)19-13-11(12(14)17-18)15-5-6-16-13/h3-7,18H,1-2H3,(H2,14,17). The van der Waals surface area contributed by atoms with Gasteiger partial charge in [0.15, 0.2) is 11.5 Å². The van der Waals surface area contributed by atoms with E-state index in [-0.39, 0.29) is 17.4 Å². The van der Waals surface area contributed by atoms with Crippen LogP contribution in [0.3, 0.4) is 0 Å². The van der Waals surface area contributed by atoms with Crippen molar-refractivity contribution in [1.82, 2.24) is 9.97 Å². The van der Waals surface area contributed by atoms with E-state index in [4.69, 9.17) is 15.7 Å². The van der Waals surface area contributed by atoms with E-state index in [0.717, 1.165) is 11.1 Å². The zero-order valence-corrected chi connectivity index (χ0v) is 10.7. The quantitative estimate of drug-likeness (QED) is 0.380. The van der Waals surface area contributed by atoms with Crippen molar-refractivity contribution in [1.29, 1.82) is 0 Å². The van der Waals surface area contributed by atoms with Gasteiger partial charge in [0.05, 0.1) is 0 Å². The molecule has 1 heterocycles. The van der Waals surface area contributed by atoms with Crippen LogP contribution in [0.1, 0.15) is 16.8 Å². The monoisotopic (exact) mass is 258 g/mol. The zero-order chi connectivity index (χ0) is 13.8. The van der Waals surface area contributed by atoms with Gasteiger partial charge in [-0.1, -0.05) is 17.3 Å². The lowest BCUT2D eigenvalue weighted by Gasteiger charge is -2.10. The summed E-state index contributed by atoms with van der Waals surface area (Å²) in [5.41, 5.74) is 7.76. The van der Waals surface area contributed by atoms with E-state index in [1.165, 1.54) is 12.4 Å². The highest BCUT2D eigenvalue weighted by molar-refractivity contribution is 5.97. The average Bonchev–Trinajstić information content (AvgIpc) is 2.42. The predicted octanol–water partition coefficient (Wildman–Crippen LogP) is 1.98. The second-order valence-electron chi connectivity index (χ2n) is 4.07. The summed E-state index contributed by atoms with van der Waals surface area (Å²) >= 11 is 0. The van der Waals surface area contributed by atoms with Crippen molar-refractivity contribution in [3.05, 3.63) is 47.4 Å². The van der Waals surface area contributed by atoms with E-state index < -0.39 is 0 Å². The van der Waals surface area contributed by atoms with Gasteiger partial charge < -0.3 is 15.7 Å². The molecule has 0 radical (unpaired) electrons. The first-order chi connectivity index (χ1) is 9.11. The normalized spacial score (nSPS) is 11.4.